The van der Waals surface area contributed by atoms with Crippen molar-refractivity contribution in [1.29, 1.82) is 0 Å². The third-order valence-electron chi connectivity index (χ3n) is 3.56. The Morgan fingerprint density at radius 3 is 2.79 bits per heavy atom. The summed E-state index contributed by atoms with van der Waals surface area (Å²) in [5, 5.41) is 8.85. The van der Waals surface area contributed by atoms with Gasteiger partial charge in [0.1, 0.15) is 12.4 Å². The molecule has 1 fully saturated rings. The van der Waals surface area contributed by atoms with Crippen LogP contribution in [-0.4, -0.2) is 49.5 Å². The second-order valence-electron chi connectivity index (χ2n) is 4.94. The molecule has 1 saturated heterocycles. The monoisotopic (exact) mass is 265 g/mol. The standard InChI is InChI=1S/C15H23NO3/c1-16(14-6-9-18-10-7-14)12-13-4-2-3-5-15(13)19-11-8-17/h2-5,14,17H,6-12H2,1H3. The average molecular weight is 265 g/mol. The molecule has 0 saturated carbocycles. The second kappa shape index (κ2) is 7.48. The fourth-order valence-electron chi connectivity index (χ4n) is 2.45. The fourth-order valence-corrected chi connectivity index (χ4v) is 2.45. The van der Waals surface area contributed by atoms with E-state index in [0.717, 1.165) is 38.3 Å². The Bertz CT molecular complexity index is 377. The van der Waals surface area contributed by atoms with E-state index in [0.29, 0.717) is 12.6 Å². The van der Waals surface area contributed by atoms with Gasteiger partial charge in [-0.05, 0) is 26.0 Å². The number of rotatable bonds is 6. The predicted molar refractivity (Wildman–Crippen MR) is 74.3 cm³/mol. The molecule has 4 heteroatoms. The molecule has 1 heterocycles. The van der Waals surface area contributed by atoms with Gasteiger partial charge in [-0.25, -0.2) is 0 Å². The van der Waals surface area contributed by atoms with Crippen LogP contribution in [0.5, 0.6) is 5.75 Å². The third kappa shape index (κ3) is 4.20. The molecule has 0 amide bonds. The SMILES string of the molecule is CN(Cc1ccccc1OCCO)C1CCOCC1. The molecule has 0 spiro atoms. The molecule has 0 unspecified atom stereocenters. The molecule has 0 bridgehead atoms. The van der Waals surface area contributed by atoms with Gasteiger partial charge in [0.2, 0.25) is 0 Å². The number of nitrogens with zero attached hydrogens (tertiary/aromatic N) is 1. The minimum atomic E-state index is 0.0458. The van der Waals surface area contributed by atoms with Gasteiger partial charge in [-0.1, -0.05) is 18.2 Å². The molecular weight excluding hydrogens is 242 g/mol. The Morgan fingerprint density at radius 2 is 2.05 bits per heavy atom. The number of ether oxygens (including phenoxy) is 2. The van der Waals surface area contributed by atoms with Crippen LogP contribution in [0.15, 0.2) is 24.3 Å². The lowest BCUT2D eigenvalue weighted by Gasteiger charge is -2.31. The van der Waals surface area contributed by atoms with Gasteiger partial charge in [-0.3, -0.25) is 4.90 Å². The van der Waals surface area contributed by atoms with E-state index in [2.05, 4.69) is 18.0 Å². The number of hydrogen-bond donors (Lipinski definition) is 1. The van der Waals surface area contributed by atoms with Crippen molar-refractivity contribution in [2.24, 2.45) is 0 Å². The van der Waals surface area contributed by atoms with Crippen LogP contribution in [0.3, 0.4) is 0 Å². The van der Waals surface area contributed by atoms with E-state index >= 15 is 0 Å². The van der Waals surface area contributed by atoms with Gasteiger partial charge in [-0.2, -0.15) is 0 Å². The third-order valence-corrected chi connectivity index (χ3v) is 3.56. The van der Waals surface area contributed by atoms with E-state index < -0.39 is 0 Å². The molecule has 1 aliphatic heterocycles. The first kappa shape index (κ1) is 14.3. The maximum absolute atomic E-state index is 8.85. The van der Waals surface area contributed by atoms with Gasteiger partial charge in [0.15, 0.2) is 0 Å². The van der Waals surface area contributed by atoms with Gasteiger partial charge in [-0.15, -0.1) is 0 Å². The molecule has 2 rings (SSSR count). The van der Waals surface area contributed by atoms with Gasteiger partial charge in [0.25, 0.3) is 0 Å². The van der Waals surface area contributed by atoms with Crippen LogP contribution in [0.1, 0.15) is 18.4 Å². The van der Waals surface area contributed by atoms with Crippen molar-refractivity contribution in [2.45, 2.75) is 25.4 Å². The summed E-state index contributed by atoms with van der Waals surface area (Å²) in [4.78, 5) is 2.36. The second-order valence-corrected chi connectivity index (χ2v) is 4.94. The zero-order valence-electron chi connectivity index (χ0n) is 11.5. The number of para-hydroxylation sites is 1. The number of aliphatic hydroxyl groups excluding tert-OH is 1. The molecule has 1 aliphatic rings. The molecule has 4 nitrogen and oxygen atoms in total. The lowest BCUT2D eigenvalue weighted by molar-refractivity contribution is 0.0404. The summed E-state index contributed by atoms with van der Waals surface area (Å²) in [6.45, 7) is 2.98. The maximum Gasteiger partial charge on any atom is 0.123 e. The van der Waals surface area contributed by atoms with E-state index in [1.165, 1.54) is 5.56 Å². The minimum absolute atomic E-state index is 0.0458. The van der Waals surface area contributed by atoms with Crippen LogP contribution >= 0.6 is 0 Å². The molecule has 1 aromatic rings. The van der Waals surface area contributed by atoms with Gasteiger partial charge >= 0.3 is 0 Å². The lowest BCUT2D eigenvalue weighted by Crippen LogP contribution is -2.36. The van der Waals surface area contributed by atoms with Crippen LogP contribution in [0, 0.1) is 0 Å². The highest BCUT2D eigenvalue weighted by Gasteiger charge is 2.19. The highest BCUT2D eigenvalue weighted by molar-refractivity contribution is 5.33. The number of benzene rings is 1. The van der Waals surface area contributed by atoms with Crippen molar-refractivity contribution in [3.63, 3.8) is 0 Å². The summed E-state index contributed by atoms with van der Waals surface area (Å²) in [6, 6.07) is 8.62. The number of aliphatic hydroxyl groups is 1. The van der Waals surface area contributed by atoms with Crippen LogP contribution in [0.2, 0.25) is 0 Å². The average Bonchev–Trinajstić information content (AvgIpc) is 2.47. The normalized spacial score (nSPS) is 16.8. The topological polar surface area (TPSA) is 41.9 Å². The van der Waals surface area contributed by atoms with Gasteiger partial charge in [0, 0.05) is 31.4 Å². The molecule has 106 valence electrons. The van der Waals surface area contributed by atoms with Crippen LogP contribution in [0.25, 0.3) is 0 Å². The largest absolute Gasteiger partial charge is 0.491 e. The van der Waals surface area contributed by atoms with E-state index in [9.17, 15) is 0 Å². The quantitative estimate of drug-likeness (QED) is 0.849. The Labute approximate surface area is 114 Å². The predicted octanol–water partition coefficient (Wildman–Crippen LogP) is 1.67. The Morgan fingerprint density at radius 1 is 1.32 bits per heavy atom. The Hall–Kier alpha value is -1.10. The first-order valence-corrected chi connectivity index (χ1v) is 6.91. The molecule has 0 aliphatic carbocycles. The Kier molecular flexibility index (Phi) is 5.63. The van der Waals surface area contributed by atoms with Crippen molar-refractivity contribution in [3.05, 3.63) is 29.8 Å². The summed E-state index contributed by atoms with van der Waals surface area (Å²) < 4.78 is 11.0. The summed E-state index contributed by atoms with van der Waals surface area (Å²) in [7, 11) is 2.15. The van der Waals surface area contributed by atoms with Crippen LogP contribution in [-0.2, 0) is 11.3 Å². The van der Waals surface area contributed by atoms with E-state index in [1.807, 2.05) is 18.2 Å². The number of hydrogen-bond acceptors (Lipinski definition) is 4. The molecule has 1 aromatic carbocycles. The van der Waals surface area contributed by atoms with Gasteiger partial charge < -0.3 is 14.6 Å². The summed E-state index contributed by atoms with van der Waals surface area (Å²) >= 11 is 0. The van der Waals surface area contributed by atoms with Crippen molar-refractivity contribution in [3.8, 4) is 5.75 Å². The lowest BCUT2D eigenvalue weighted by atomic mass is 10.1. The van der Waals surface area contributed by atoms with Gasteiger partial charge in [0.05, 0.1) is 6.61 Å². The first-order chi connectivity index (χ1) is 9.31. The summed E-state index contributed by atoms with van der Waals surface area (Å²) in [5.74, 6) is 0.871. The van der Waals surface area contributed by atoms with Crippen molar-refractivity contribution in [2.75, 3.05) is 33.5 Å². The Balaban J connectivity index is 1.96. The zero-order valence-corrected chi connectivity index (χ0v) is 11.5. The fraction of sp³-hybridized carbons (Fsp3) is 0.600. The van der Waals surface area contributed by atoms with Crippen LogP contribution in [0.4, 0.5) is 0 Å². The van der Waals surface area contributed by atoms with Crippen molar-refractivity contribution in [1.82, 2.24) is 4.90 Å². The van der Waals surface area contributed by atoms with Crippen LogP contribution < -0.4 is 4.74 Å². The molecule has 0 aromatic heterocycles. The molecular formula is C15H23NO3. The van der Waals surface area contributed by atoms with Crippen molar-refractivity contribution < 1.29 is 14.6 Å². The molecule has 0 atom stereocenters. The van der Waals surface area contributed by atoms with Crippen molar-refractivity contribution >= 4 is 0 Å². The summed E-state index contributed by atoms with van der Waals surface area (Å²) in [5.41, 5.74) is 1.17. The molecule has 0 radical (unpaired) electrons. The first-order valence-electron chi connectivity index (χ1n) is 6.91. The highest BCUT2D eigenvalue weighted by atomic mass is 16.5. The molecule has 1 N–H and O–H groups in total. The van der Waals surface area contributed by atoms with E-state index in [1.54, 1.807) is 0 Å². The van der Waals surface area contributed by atoms with E-state index in [-0.39, 0.29) is 6.61 Å². The molecule has 19 heavy (non-hydrogen) atoms. The minimum Gasteiger partial charge on any atom is -0.491 e. The zero-order chi connectivity index (χ0) is 13.5. The highest BCUT2D eigenvalue weighted by Crippen LogP contribution is 2.22. The summed E-state index contributed by atoms with van der Waals surface area (Å²) in [6.07, 6.45) is 2.19. The smallest absolute Gasteiger partial charge is 0.123 e. The van der Waals surface area contributed by atoms with E-state index in [4.69, 9.17) is 14.6 Å². The maximum atomic E-state index is 8.85.